The smallest absolute Gasteiger partial charge is 0.185 e. The molecular formula is C12H19N5S. The summed E-state index contributed by atoms with van der Waals surface area (Å²) in [6.45, 7) is 4.76. The molecule has 0 amide bonds. The Kier molecular flexibility index (Phi) is 4.33. The van der Waals surface area contributed by atoms with Crippen molar-refractivity contribution >= 4 is 16.5 Å². The summed E-state index contributed by atoms with van der Waals surface area (Å²) in [6.07, 6.45) is 5.72. The van der Waals surface area contributed by atoms with Crippen LogP contribution in [0.15, 0.2) is 18.6 Å². The van der Waals surface area contributed by atoms with Gasteiger partial charge in [0, 0.05) is 44.1 Å². The minimum absolute atomic E-state index is 0.775. The number of anilines is 1. The summed E-state index contributed by atoms with van der Waals surface area (Å²) in [6, 6.07) is 0. The van der Waals surface area contributed by atoms with Crippen molar-refractivity contribution < 1.29 is 0 Å². The molecule has 2 heterocycles. The maximum absolute atomic E-state index is 4.45. The van der Waals surface area contributed by atoms with Crippen LogP contribution < -0.4 is 10.2 Å². The summed E-state index contributed by atoms with van der Waals surface area (Å²) in [5.41, 5.74) is 0. The van der Waals surface area contributed by atoms with Crippen LogP contribution in [0.5, 0.6) is 0 Å². The molecule has 18 heavy (non-hydrogen) atoms. The second-order valence-electron chi connectivity index (χ2n) is 4.20. The first kappa shape index (κ1) is 13.0. The second-order valence-corrected chi connectivity index (χ2v) is 5.29. The zero-order valence-electron chi connectivity index (χ0n) is 11.1. The molecule has 0 saturated carbocycles. The highest BCUT2D eigenvalue weighted by atomic mass is 32.1. The summed E-state index contributed by atoms with van der Waals surface area (Å²) in [5.74, 6) is 1.04. The van der Waals surface area contributed by atoms with Gasteiger partial charge in [-0.15, -0.1) is 11.3 Å². The van der Waals surface area contributed by atoms with Gasteiger partial charge in [-0.25, -0.2) is 9.97 Å². The lowest BCUT2D eigenvalue weighted by Gasteiger charge is -2.14. The molecule has 98 valence electrons. The highest BCUT2D eigenvalue weighted by Crippen LogP contribution is 2.22. The fraction of sp³-hybridized carbons (Fsp3) is 0.500. The lowest BCUT2D eigenvalue weighted by molar-refractivity contribution is 0.734. The van der Waals surface area contributed by atoms with Gasteiger partial charge in [0.1, 0.15) is 5.82 Å². The first-order valence-electron chi connectivity index (χ1n) is 6.03. The van der Waals surface area contributed by atoms with Gasteiger partial charge in [-0.3, -0.25) is 0 Å². The van der Waals surface area contributed by atoms with Crippen LogP contribution in [-0.4, -0.2) is 28.1 Å². The molecule has 0 aromatic carbocycles. The Hall–Kier alpha value is -1.40. The summed E-state index contributed by atoms with van der Waals surface area (Å²) < 4.78 is 2.03. The van der Waals surface area contributed by atoms with Gasteiger partial charge >= 0.3 is 0 Å². The molecule has 2 rings (SSSR count). The molecule has 1 N–H and O–H groups in total. The second kappa shape index (κ2) is 5.97. The van der Waals surface area contributed by atoms with Crippen molar-refractivity contribution in [3.05, 3.63) is 29.3 Å². The van der Waals surface area contributed by atoms with Crippen molar-refractivity contribution in [3.63, 3.8) is 0 Å². The fourth-order valence-corrected chi connectivity index (χ4v) is 2.47. The molecule has 0 spiro atoms. The number of rotatable bonds is 6. The zero-order chi connectivity index (χ0) is 13.0. The standard InChI is InChI=1S/C12H19N5S/c1-4-13-7-10-8-15-12(18-10)17(3)9-11-14-5-6-16(11)2/h5-6,8,13H,4,7,9H2,1-3H3. The lowest BCUT2D eigenvalue weighted by atomic mass is 10.5. The Bertz CT molecular complexity index is 490. The van der Waals surface area contributed by atoms with Crippen LogP contribution in [-0.2, 0) is 20.1 Å². The molecule has 2 aromatic rings. The maximum Gasteiger partial charge on any atom is 0.185 e. The number of hydrogen-bond acceptors (Lipinski definition) is 5. The van der Waals surface area contributed by atoms with Gasteiger partial charge in [-0.1, -0.05) is 6.92 Å². The molecule has 2 aromatic heterocycles. The van der Waals surface area contributed by atoms with E-state index in [0.29, 0.717) is 0 Å². The summed E-state index contributed by atoms with van der Waals surface area (Å²) in [7, 11) is 4.05. The molecule has 0 aliphatic carbocycles. The third-order valence-electron chi connectivity index (χ3n) is 2.72. The van der Waals surface area contributed by atoms with Crippen molar-refractivity contribution in [1.29, 1.82) is 0 Å². The molecular weight excluding hydrogens is 246 g/mol. The molecule has 6 heteroatoms. The molecule has 0 radical (unpaired) electrons. The largest absolute Gasteiger partial charge is 0.344 e. The van der Waals surface area contributed by atoms with Crippen molar-refractivity contribution in [2.45, 2.75) is 20.0 Å². The zero-order valence-corrected chi connectivity index (χ0v) is 11.9. The number of aryl methyl sites for hydroxylation is 1. The number of aromatic nitrogens is 3. The molecule has 0 saturated heterocycles. The first-order valence-corrected chi connectivity index (χ1v) is 6.85. The van der Waals surface area contributed by atoms with E-state index in [2.05, 4.69) is 27.1 Å². The minimum Gasteiger partial charge on any atom is -0.344 e. The van der Waals surface area contributed by atoms with Crippen molar-refractivity contribution in [1.82, 2.24) is 19.9 Å². The molecule has 0 atom stereocenters. The quantitative estimate of drug-likeness (QED) is 0.862. The van der Waals surface area contributed by atoms with Gasteiger partial charge in [0.05, 0.1) is 6.54 Å². The van der Waals surface area contributed by atoms with Gasteiger partial charge in [0.2, 0.25) is 0 Å². The fourth-order valence-electron chi connectivity index (χ4n) is 1.63. The number of nitrogens with one attached hydrogen (secondary N) is 1. The van der Waals surface area contributed by atoms with Crippen LogP contribution in [0.2, 0.25) is 0 Å². The number of imidazole rings is 1. The Morgan fingerprint density at radius 1 is 1.44 bits per heavy atom. The number of nitrogens with zero attached hydrogens (tertiary/aromatic N) is 4. The predicted molar refractivity (Wildman–Crippen MR) is 74.8 cm³/mol. The highest BCUT2D eigenvalue weighted by Gasteiger charge is 2.09. The van der Waals surface area contributed by atoms with Gasteiger partial charge in [0.25, 0.3) is 0 Å². The van der Waals surface area contributed by atoms with E-state index in [1.165, 1.54) is 4.88 Å². The summed E-state index contributed by atoms with van der Waals surface area (Å²) in [5, 5.41) is 4.34. The highest BCUT2D eigenvalue weighted by molar-refractivity contribution is 7.15. The Labute approximate surface area is 111 Å². The summed E-state index contributed by atoms with van der Waals surface area (Å²) in [4.78, 5) is 12.2. The van der Waals surface area contributed by atoms with Crippen LogP contribution >= 0.6 is 11.3 Å². The van der Waals surface area contributed by atoms with E-state index in [0.717, 1.165) is 30.6 Å². The van der Waals surface area contributed by atoms with E-state index in [4.69, 9.17) is 0 Å². The topological polar surface area (TPSA) is 46.0 Å². The van der Waals surface area contributed by atoms with E-state index >= 15 is 0 Å². The molecule has 0 aliphatic heterocycles. The van der Waals surface area contributed by atoms with Crippen LogP contribution in [0.25, 0.3) is 0 Å². The lowest BCUT2D eigenvalue weighted by Crippen LogP contribution is -2.18. The summed E-state index contributed by atoms with van der Waals surface area (Å²) >= 11 is 1.72. The number of hydrogen-bond donors (Lipinski definition) is 1. The van der Waals surface area contributed by atoms with Crippen LogP contribution in [0.3, 0.4) is 0 Å². The molecule has 5 nitrogen and oxygen atoms in total. The average molecular weight is 265 g/mol. The SMILES string of the molecule is CCNCc1cnc(N(C)Cc2nccn2C)s1. The van der Waals surface area contributed by atoms with Gasteiger partial charge in [0.15, 0.2) is 5.13 Å². The van der Waals surface area contributed by atoms with E-state index in [1.54, 1.807) is 11.3 Å². The Balaban J connectivity index is 1.98. The third kappa shape index (κ3) is 3.08. The van der Waals surface area contributed by atoms with Crippen LogP contribution in [0.1, 0.15) is 17.6 Å². The molecule has 0 aliphatic rings. The molecule has 0 bridgehead atoms. The maximum atomic E-state index is 4.45. The van der Waals surface area contributed by atoms with E-state index in [-0.39, 0.29) is 0 Å². The Morgan fingerprint density at radius 2 is 2.28 bits per heavy atom. The minimum atomic E-state index is 0.775. The first-order chi connectivity index (χ1) is 8.70. The molecule has 0 unspecified atom stereocenters. The monoisotopic (exact) mass is 265 g/mol. The van der Waals surface area contributed by atoms with Gasteiger partial charge < -0.3 is 14.8 Å². The van der Waals surface area contributed by atoms with Gasteiger partial charge in [-0.2, -0.15) is 0 Å². The predicted octanol–water partition coefficient (Wildman–Crippen LogP) is 1.62. The van der Waals surface area contributed by atoms with Crippen molar-refractivity contribution in [3.8, 4) is 0 Å². The van der Waals surface area contributed by atoms with Gasteiger partial charge in [-0.05, 0) is 6.54 Å². The van der Waals surface area contributed by atoms with E-state index in [9.17, 15) is 0 Å². The number of thiazole rings is 1. The van der Waals surface area contributed by atoms with Crippen LogP contribution in [0, 0.1) is 0 Å². The van der Waals surface area contributed by atoms with Crippen molar-refractivity contribution in [2.75, 3.05) is 18.5 Å². The molecule has 0 fully saturated rings. The normalized spacial score (nSPS) is 10.8. The van der Waals surface area contributed by atoms with Crippen molar-refractivity contribution in [2.24, 2.45) is 7.05 Å². The Morgan fingerprint density at radius 3 is 2.94 bits per heavy atom. The van der Waals surface area contributed by atoms with E-state index in [1.807, 2.05) is 37.3 Å². The third-order valence-corrected chi connectivity index (χ3v) is 3.83. The average Bonchev–Trinajstić information content (AvgIpc) is 2.97. The van der Waals surface area contributed by atoms with E-state index < -0.39 is 0 Å². The van der Waals surface area contributed by atoms with Crippen LogP contribution in [0.4, 0.5) is 5.13 Å².